The van der Waals surface area contributed by atoms with Gasteiger partial charge in [0, 0.05) is 24.7 Å². The van der Waals surface area contributed by atoms with Crippen LogP contribution in [0.5, 0.6) is 0 Å². The number of hydrogen-bond acceptors (Lipinski definition) is 8. The zero-order valence-corrected chi connectivity index (χ0v) is 20.6. The number of nitrogens with zero attached hydrogens (tertiary/aromatic N) is 3. The predicted molar refractivity (Wildman–Crippen MR) is 130 cm³/mol. The van der Waals surface area contributed by atoms with E-state index in [1.54, 1.807) is 17.4 Å². The zero-order valence-electron chi connectivity index (χ0n) is 18.1. The fourth-order valence-corrected chi connectivity index (χ4v) is 6.56. The fraction of sp³-hybridized carbons (Fsp3) is 0.381. The number of sulfonamides is 1. The van der Waals surface area contributed by atoms with E-state index >= 15 is 0 Å². The van der Waals surface area contributed by atoms with Crippen molar-refractivity contribution in [3.8, 4) is 0 Å². The van der Waals surface area contributed by atoms with E-state index < -0.39 is 10.0 Å². The Hall–Kier alpha value is -2.21. The maximum Gasteiger partial charge on any atom is 0.242 e. The molecule has 0 aliphatic heterocycles. The largest absolute Gasteiger partial charge is 0.383 e. The van der Waals surface area contributed by atoms with Gasteiger partial charge in [0.25, 0.3) is 0 Å². The van der Waals surface area contributed by atoms with E-state index in [-0.39, 0.29) is 16.6 Å². The molecule has 32 heavy (non-hydrogen) atoms. The number of nitrogens with two attached hydrogens (primary N) is 1. The minimum Gasteiger partial charge on any atom is -0.383 e. The number of amides is 1. The summed E-state index contributed by atoms with van der Waals surface area (Å²) in [5.74, 6) is 0.278. The predicted octanol–water partition coefficient (Wildman–Crippen LogP) is 3.44. The molecule has 0 saturated heterocycles. The van der Waals surface area contributed by atoms with Crippen molar-refractivity contribution >= 4 is 60.8 Å². The number of carbonyl (C=O) groups is 1. The van der Waals surface area contributed by atoms with Gasteiger partial charge in [0.1, 0.15) is 10.6 Å². The monoisotopic (exact) mass is 491 g/mol. The number of fused-ring (bicyclic) bond motifs is 3. The fourth-order valence-electron chi connectivity index (χ4n) is 3.65. The van der Waals surface area contributed by atoms with Gasteiger partial charge in [-0.05, 0) is 55.9 Å². The summed E-state index contributed by atoms with van der Waals surface area (Å²) in [5.41, 5.74) is 8.75. The summed E-state index contributed by atoms with van der Waals surface area (Å²) >= 11 is 2.88. The van der Waals surface area contributed by atoms with E-state index in [9.17, 15) is 13.2 Å². The highest BCUT2D eigenvalue weighted by atomic mass is 32.2. The lowest BCUT2D eigenvalue weighted by atomic mass is 9.97. The third-order valence-electron chi connectivity index (χ3n) is 5.42. The van der Waals surface area contributed by atoms with Crippen LogP contribution < -0.4 is 11.1 Å². The molecule has 1 amide bonds. The number of carbonyl (C=O) groups excluding carboxylic acids is 1. The average Bonchev–Trinajstić information content (AvgIpc) is 3.12. The SMILES string of the molecule is Cc1ccc(S(=O)(=O)N(C)C)cc1NC(=O)CSc1nc(N)c2c3c(sc2n1)CCCC3. The number of hydrogen-bond donors (Lipinski definition) is 2. The van der Waals surface area contributed by atoms with Crippen molar-refractivity contribution < 1.29 is 13.2 Å². The average molecular weight is 492 g/mol. The topological polar surface area (TPSA) is 118 Å². The summed E-state index contributed by atoms with van der Waals surface area (Å²) < 4.78 is 25.9. The normalized spacial score (nSPS) is 14.0. The van der Waals surface area contributed by atoms with Gasteiger partial charge < -0.3 is 11.1 Å². The van der Waals surface area contributed by atoms with E-state index in [1.165, 1.54) is 54.9 Å². The summed E-state index contributed by atoms with van der Waals surface area (Å²) in [6.45, 7) is 1.81. The maximum atomic E-state index is 12.6. The third kappa shape index (κ3) is 4.47. The highest BCUT2D eigenvalue weighted by Gasteiger charge is 2.21. The van der Waals surface area contributed by atoms with Crippen molar-refractivity contribution in [3.63, 3.8) is 0 Å². The van der Waals surface area contributed by atoms with Crippen LogP contribution in [0.2, 0.25) is 0 Å². The van der Waals surface area contributed by atoms with Crippen molar-refractivity contribution in [2.75, 3.05) is 30.9 Å². The highest BCUT2D eigenvalue weighted by molar-refractivity contribution is 7.99. The standard InChI is InChI=1S/C21H25N5O3S3/c1-12-8-9-13(32(28,29)26(2)3)10-15(12)23-17(27)11-30-21-24-19(22)18-14-6-4-5-7-16(14)31-20(18)25-21/h8-10H,4-7,11H2,1-3H3,(H,23,27)(H2,22,24,25). The molecule has 4 rings (SSSR count). The van der Waals surface area contributed by atoms with Gasteiger partial charge in [-0.15, -0.1) is 11.3 Å². The van der Waals surface area contributed by atoms with Crippen molar-refractivity contribution in [2.45, 2.75) is 42.7 Å². The molecule has 0 radical (unpaired) electrons. The van der Waals surface area contributed by atoms with Crippen LogP contribution in [0.25, 0.3) is 10.2 Å². The number of rotatable bonds is 6. The number of aromatic nitrogens is 2. The molecule has 3 aromatic rings. The second kappa shape index (κ2) is 8.97. The molecule has 0 unspecified atom stereocenters. The van der Waals surface area contributed by atoms with E-state index in [0.717, 1.165) is 39.3 Å². The molecule has 0 fully saturated rings. The Morgan fingerprint density at radius 1 is 1.25 bits per heavy atom. The number of anilines is 2. The molecule has 3 N–H and O–H groups in total. The Morgan fingerprint density at radius 3 is 2.75 bits per heavy atom. The first-order valence-electron chi connectivity index (χ1n) is 10.2. The first kappa shape index (κ1) is 23.0. The van der Waals surface area contributed by atoms with E-state index in [0.29, 0.717) is 16.7 Å². The number of thiophene rings is 1. The Labute approximate surface area is 195 Å². The molecule has 8 nitrogen and oxygen atoms in total. The molecular formula is C21H25N5O3S3. The van der Waals surface area contributed by atoms with Gasteiger partial charge in [0.15, 0.2) is 5.16 Å². The van der Waals surface area contributed by atoms with Crippen LogP contribution >= 0.6 is 23.1 Å². The molecule has 1 aromatic carbocycles. The lowest BCUT2D eigenvalue weighted by molar-refractivity contribution is -0.113. The Bertz CT molecular complexity index is 1300. The van der Waals surface area contributed by atoms with Crippen LogP contribution in [-0.2, 0) is 27.7 Å². The van der Waals surface area contributed by atoms with E-state index in [4.69, 9.17) is 5.73 Å². The second-order valence-electron chi connectivity index (χ2n) is 7.88. The Balaban J connectivity index is 1.48. The molecule has 0 atom stereocenters. The van der Waals surface area contributed by atoms with E-state index in [1.807, 2.05) is 6.92 Å². The Kier molecular flexibility index (Phi) is 6.44. The first-order valence-corrected chi connectivity index (χ1v) is 13.4. The minimum atomic E-state index is -3.59. The van der Waals surface area contributed by atoms with Crippen molar-refractivity contribution in [3.05, 3.63) is 34.2 Å². The third-order valence-corrected chi connectivity index (χ3v) is 9.26. The maximum absolute atomic E-state index is 12.6. The summed E-state index contributed by atoms with van der Waals surface area (Å²) in [5, 5.41) is 4.22. The van der Waals surface area contributed by atoms with Gasteiger partial charge in [-0.25, -0.2) is 22.7 Å². The van der Waals surface area contributed by atoms with Crippen LogP contribution in [0, 0.1) is 6.92 Å². The smallest absolute Gasteiger partial charge is 0.242 e. The van der Waals surface area contributed by atoms with Gasteiger partial charge >= 0.3 is 0 Å². The molecule has 1 aliphatic carbocycles. The quantitative estimate of drug-likeness (QED) is 0.400. The van der Waals surface area contributed by atoms with Crippen LogP contribution in [0.3, 0.4) is 0 Å². The van der Waals surface area contributed by atoms with Crippen LogP contribution in [0.1, 0.15) is 28.8 Å². The lowest BCUT2D eigenvalue weighted by Gasteiger charge is -2.14. The van der Waals surface area contributed by atoms with Crippen LogP contribution in [0.15, 0.2) is 28.3 Å². The zero-order chi connectivity index (χ0) is 23.0. The first-order chi connectivity index (χ1) is 15.2. The lowest BCUT2D eigenvalue weighted by Crippen LogP contribution is -2.22. The van der Waals surface area contributed by atoms with Crippen LogP contribution in [-0.4, -0.2) is 48.4 Å². The molecule has 11 heteroatoms. The van der Waals surface area contributed by atoms with Gasteiger partial charge in [-0.2, -0.15) is 0 Å². The van der Waals surface area contributed by atoms with Crippen molar-refractivity contribution in [1.82, 2.24) is 14.3 Å². The van der Waals surface area contributed by atoms with Gasteiger partial charge in [0.05, 0.1) is 16.0 Å². The molecule has 0 saturated carbocycles. The summed E-state index contributed by atoms with van der Waals surface area (Å²) in [6.07, 6.45) is 4.42. The Morgan fingerprint density at radius 2 is 2.00 bits per heavy atom. The highest BCUT2D eigenvalue weighted by Crippen LogP contribution is 2.38. The molecule has 1 aliphatic rings. The van der Waals surface area contributed by atoms with Crippen molar-refractivity contribution in [1.29, 1.82) is 0 Å². The molecular weight excluding hydrogens is 466 g/mol. The van der Waals surface area contributed by atoms with Crippen LogP contribution in [0.4, 0.5) is 11.5 Å². The number of aryl methyl sites for hydroxylation is 3. The number of thioether (sulfide) groups is 1. The summed E-state index contributed by atoms with van der Waals surface area (Å²) in [6, 6.07) is 4.68. The molecule has 0 spiro atoms. The van der Waals surface area contributed by atoms with E-state index in [2.05, 4.69) is 15.3 Å². The van der Waals surface area contributed by atoms with Crippen molar-refractivity contribution in [2.24, 2.45) is 0 Å². The second-order valence-corrected chi connectivity index (χ2v) is 12.1. The molecule has 2 heterocycles. The summed E-state index contributed by atoms with van der Waals surface area (Å²) in [7, 11) is -0.653. The number of nitrogens with one attached hydrogen (secondary N) is 1. The van der Waals surface area contributed by atoms with Gasteiger partial charge in [0.2, 0.25) is 15.9 Å². The summed E-state index contributed by atoms with van der Waals surface area (Å²) in [4.78, 5) is 24.0. The number of benzene rings is 1. The minimum absolute atomic E-state index is 0.0835. The van der Waals surface area contributed by atoms with Gasteiger partial charge in [-0.3, -0.25) is 4.79 Å². The molecule has 0 bridgehead atoms. The molecule has 2 aromatic heterocycles. The molecule has 170 valence electrons. The number of nitrogen functional groups attached to an aromatic ring is 1. The van der Waals surface area contributed by atoms with Gasteiger partial charge in [-0.1, -0.05) is 17.8 Å².